The van der Waals surface area contributed by atoms with E-state index in [9.17, 15) is 27.8 Å². The summed E-state index contributed by atoms with van der Waals surface area (Å²) in [5, 5.41) is 18.4. The van der Waals surface area contributed by atoms with Crippen LogP contribution in [0, 0.1) is 12.7 Å². The third kappa shape index (κ3) is 6.68. The van der Waals surface area contributed by atoms with Crippen molar-refractivity contribution in [3.63, 3.8) is 0 Å². The van der Waals surface area contributed by atoms with Gasteiger partial charge >= 0.3 is 6.18 Å². The Morgan fingerprint density at radius 2 is 1.70 bits per heavy atom. The highest BCUT2D eigenvalue weighted by atomic mass is 19.4. The Morgan fingerprint density at radius 3 is 2.33 bits per heavy atom. The number of rotatable bonds is 10. The molecule has 4 N–H and O–H groups in total. The summed E-state index contributed by atoms with van der Waals surface area (Å²) in [5.74, 6) is -0.637. The van der Waals surface area contributed by atoms with Crippen molar-refractivity contribution in [1.29, 1.82) is 0 Å². The minimum atomic E-state index is -4.61. The topological polar surface area (TPSA) is 75.7 Å². The van der Waals surface area contributed by atoms with Crippen LogP contribution in [0.4, 0.5) is 17.6 Å². The van der Waals surface area contributed by atoms with E-state index in [1.807, 2.05) is 6.92 Å². The van der Waals surface area contributed by atoms with Crippen LogP contribution in [-0.4, -0.2) is 35.6 Å². The Balaban J connectivity index is 2.03. The molecule has 0 aliphatic rings. The number of aliphatic hydroxyl groups excluding tert-OH is 2. The second kappa shape index (κ2) is 10.2. The highest BCUT2D eigenvalue weighted by Crippen LogP contribution is 2.37. The number of nitrogens with two attached hydrogens (primary N) is 1. The van der Waals surface area contributed by atoms with Gasteiger partial charge in [0.1, 0.15) is 11.6 Å². The van der Waals surface area contributed by atoms with Crippen LogP contribution in [0.25, 0.3) is 0 Å². The fourth-order valence-electron chi connectivity index (χ4n) is 3.02. The second-order valence-electron chi connectivity index (χ2n) is 7.55. The molecular formula is C22H27F4NO3. The molecule has 0 amide bonds. The van der Waals surface area contributed by atoms with Crippen molar-refractivity contribution in [3.8, 4) is 5.75 Å². The van der Waals surface area contributed by atoms with Crippen LogP contribution in [0.15, 0.2) is 36.4 Å². The van der Waals surface area contributed by atoms with Crippen molar-refractivity contribution < 1.29 is 32.5 Å². The van der Waals surface area contributed by atoms with Gasteiger partial charge in [-0.05, 0) is 61.9 Å². The largest absolute Gasteiger partial charge is 0.493 e. The van der Waals surface area contributed by atoms with Gasteiger partial charge in [0.25, 0.3) is 0 Å². The average molecular weight is 429 g/mol. The zero-order valence-corrected chi connectivity index (χ0v) is 16.8. The fraction of sp³-hybridized carbons (Fsp3) is 0.455. The lowest BCUT2D eigenvalue weighted by Crippen LogP contribution is -2.47. The highest BCUT2D eigenvalue weighted by molar-refractivity contribution is 5.39. The maximum Gasteiger partial charge on any atom is 0.419 e. The molecule has 0 atom stereocenters. The molecule has 2 rings (SSSR count). The van der Waals surface area contributed by atoms with Crippen LogP contribution >= 0.6 is 0 Å². The molecule has 2 aromatic rings. The number of alkyl halides is 3. The lowest BCUT2D eigenvalue weighted by molar-refractivity contribution is -0.139. The number of hydrogen-bond acceptors (Lipinski definition) is 4. The third-order valence-corrected chi connectivity index (χ3v) is 4.94. The lowest BCUT2D eigenvalue weighted by Gasteiger charge is -2.24. The van der Waals surface area contributed by atoms with Crippen molar-refractivity contribution in [2.75, 3.05) is 19.8 Å². The van der Waals surface area contributed by atoms with E-state index in [0.717, 1.165) is 11.6 Å². The molecule has 8 heteroatoms. The van der Waals surface area contributed by atoms with Gasteiger partial charge in [-0.2, -0.15) is 13.2 Å². The van der Waals surface area contributed by atoms with E-state index in [0.29, 0.717) is 24.0 Å². The molecule has 0 spiro atoms. The number of aryl methyl sites for hydroxylation is 3. The van der Waals surface area contributed by atoms with Gasteiger partial charge in [-0.25, -0.2) is 4.39 Å². The molecule has 166 valence electrons. The first-order chi connectivity index (χ1) is 14.1. The fourth-order valence-corrected chi connectivity index (χ4v) is 3.02. The van der Waals surface area contributed by atoms with E-state index >= 15 is 0 Å². The molecule has 0 unspecified atom stereocenters. The van der Waals surface area contributed by atoms with E-state index in [1.54, 1.807) is 12.1 Å². The Morgan fingerprint density at radius 1 is 1.00 bits per heavy atom. The number of hydrogen-bond donors (Lipinski definition) is 3. The molecule has 0 aromatic heterocycles. The zero-order valence-electron chi connectivity index (χ0n) is 16.8. The molecule has 0 fully saturated rings. The van der Waals surface area contributed by atoms with Gasteiger partial charge < -0.3 is 20.7 Å². The monoisotopic (exact) mass is 429 g/mol. The molecule has 4 nitrogen and oxygen atoms in total. The molecule has 0 bridgehead atoms. The van der Waals surface area contributed by atoms with Gasteiger partial charge in [0.05, 0.1) is 30.9 Å². The highest BCUT2D eigenvalue weighted by Gasteiger charge is 2.35. The van der Waals surface area contributed by atoms with E-state index in [4.69, 9.17) is 10.5 Å². The molecule has 0 saturated carbocycles. The molecular weight excluding hydrogens is 402 g/mol. The summed E-state index contributed by atoms with van der Waals surface area (Å²) in [6.07, 6.45) is -3.61. The van der Waals surface area contributed by atoms with Crippen LogP contribution in [0.5, 0.6) is 5.75 Å². The average Bonchev–Trinajstić information content (AvgIpc) is 2.71. The van der Waals surface area contributed by atoms with Gasteiger partial charge in [-0.1, -0.05) is 23.8 Å². The maximum absolute atomic E-state index is 13.8. The normalized spacial score (nSPS) is 12.3. The molecule has 0 aliphatic carbocycles. The van der Waals surface area contributed by atoms with Crippen LogP contribution in [0.2, 0.25) is 0 Å². The summed E-state index contributed by atoms with van der Waals surface area (Å²) in [7, 11) is 0. The number of benzene rings is 2. The van der Waals surface area contributed by atoms with E-state index < -0.39 is 30.5 Å². The van der Waals surface area contributed by atoms with Gasteiger partial charge in [0, 0.05) is 0 Å². The summed E-state index contributed by atoms with van der Waals surface area (Å²) in [4.78, 5) is 0. The minimum absolute atomic E-state index is 0.0107. The quantitative estimate of drug-likeness (QED) is 0.397. The van der Waals surface area contributed by atoms with Gasteiger partial charge in [0.15, 0.2) is 0 Å². The van der Waals surface area contributed by atoms with E-state index in [1.165, 1.54) is 18.2 Å². The molecule has 0 radical (unpaired) electrons. The van der Waals surface area contributed by atoms with Crippen LogP contribution in [0.3, 0.4) is 0 Å². The lowest BCUT2D eigenvalue weighted by atomic mass is 9.93. The maximum atomic E-state index is 13.8. The number of aliphatic hydroxyl groups is 2. The minimum Gasteiger partial charge on any atom is -0.493 e. The summed E-state index contributed by atoms with van der Waals surface area (Å²) in [5.41, 5.74) is 5.40. The van der Waals surface area contributed by atoms with Crippen LogP contribution in [-0.2, 0) is 19.0 Å². The van der Waals surface area contributed by atoms with Crippen LogP contribution in [0.1, 0.15) is 35.1 Å². The smallest absolute Gasteiger partial charge is 0.419 e. The molecule has 0 aliphatic heterocycles. The van der Waals surface area contributed by atoms with Crippen LogP contribution < -0.4 is 10.5 Å². The number of ether oxygens (including phenoxy) is 1. The predicted molar refractivity (Wildman–Crippen MR) is 106 cm³/mol. The molecule has 0 saturated heterocycles. The second-order valence-corrected chi connectivity index (χ2v) is 7.55. The van der Waals surface area contributed by atoms with Crippen molar-refractivity contribution in [1.82, 2.24) is 0 Å². The van der Waals surface area contributed by atoms with Gasteiger partial charge in [-0.3, -0.25) is 0 Å². The van der Waals surface area contributed by atoms with Crippen molar-refractivity contribution >= 4 is 0 Å². The summed E-state index contributed by atoms with van der Waals surface area (Å²) < 4.78 is 59.5. The molecule has 2 aromatic carbocycles. The molecule has 30 heavy (non-hydrogen) atoms. The number of halogens is 4. The van der Waals surface area contributed by atoms with Gasteiger partial charge in [0.2, 0.25) is 0 Å². The zero-order chi connectivity index (χ0) is 22.4. The molecule has 0 heterocycles. The van der Waals surface area contributed by atoms with E-state index in [2.05, 4.69) is 0 Å². The van der Waals surface area contributed by atoms with Crippen molar-refractivity contribution in [2.45, 2.75) is 44.3 Å². The Labute approximate surface area is 173 Å². The SMILES string of the molecule is Cc1ccc(F)c(CCCOc2ccc(CCC(N)(CO)CO)cc2C(F)(F)F)c1. The van der Waals surface area contributed by atoms with Crippen molar-refractivity contribution in [2.24, 2.45) is 5.73 Å². The standard InChI is InChI=1S/C22H27F4NO3/c1-15-4-6-19(23)17(11-15)3-2-10-30-20-7-5-16(12-18(20)22(24,25)26)8-9-21(27,13-28)14-29/h4-7,11-12,28-29H,2-3,8-10,13-14,27H2,1H3. The van der Waals surface area contributed by atoms with Gasteiger partial charge in [-0.15, -0.1) is 0 Å². The Hall–Kier alpha value is -2.16. The first-order valence-corrected chi connectivity index (χ1v) is 9.66. The van der Waals surface area contributed by atoms with E-state index in [-0.39, 0.29) is 31.0 Å². The summed E-state index contributed by atoms with van der Waals surface area (Å²) >= 11 is 0. The first kappa shape index (κ1) is 24.1. The Bertz CT molecular complexity index is 836. The summed E-state index contributed by atoms with van der Waals surface area (Å²) in [6.45, 7) is 0.903. The van der Waals surface area contributed by atoms with Crippen molar-refractivity contribution in [3.05, 3.63) is 64.5 Å². The predicted octanol–water partition coefficient (Wildman–Crippen LogP) is 3.78. The summed E-state index contributed by atoms with van der Waals surface area (Å²) in [6, 6.07) is 8.48. The first-order valence-electron chi connectivity index (χ1n) is 9.66. The Kier molecular flexibility index (Phi) is 8.23. The third-order valence-electron chi connectivity index (χ3n) is 4.94.